The summed E-state index contributed by atoms with van der Waals surface area (Å²) in [5.41, 5.74) is 0.663. The third kappa shape index (κ3) is 3.83. The standard InChI is InChI=1S/C14H16O4S/c1-3-5-6-9-19(17,18)12-8-7-11(4-2)13(10-12)14(15)16/h1,7-8,10H,4-6,9H2,2H3,(H,15,16). The van der Waals surface area contributed by atoms with E-state index in [0.29, 0.717) is 24.8 Å². The molecule has 19 heavy (non-hydrogen) atoms. The molecule has 0 bridgehead atoms. The van der Waals surface area contributed by atoms with Gasteiger partial charge in [0.15, 0.2) is 9.84 Å². The number of hydrogen-bond acceptors (Lipinski definition) is 3. The van der Waals surface area contributed by atoms with Gasteiger partial charge >= 0.3 is 5.97 Å². The first-order valence-electron chi connectivity index (χ1n) is 5.94. The topological polar surface area (TPSA) is 71.4 Å². The maximum atomic E-state index is 12.0. The Balaban J connectivity index is 3.12. The fourth-order valence-electron chi connectivity index (χ4n) is 1.74. The lowest BCUT2D eigenvalue weighted by Gasteiger charge is -2.08. The highest BCUT2D eigenvalue weighted by molar-refractivity contribution is 7.91. The Hall–Kier alpha value is -1.80. The molecule has 102 valence electrons. The smallest absolute Gasteiger partial charge is 0.336 e. The molecule has 0 saturated carbocycles. The van der Waals surface area contributed by atoms with Gasteiger partial charge in [-0.25, -0.2) is 13.2 Å². The Labute approximate surface area is 113 Å². The van der Waals surface area contributed by atoms with Crippen molar-refractivity contribution in [3.63, 3.8) is 0 Å². The van der Waals surface area contributed by atoms with Gasteiger partial charge in [0.05, 0.1) is 16.2 Å². The van der Waals surface area contributed by atoms with Crippen LogP contribution in [0.3, 0.4) is 0 Å². The number of aromatic carboxylic acids is 1. The maximum absolute atomic E-state index is 12.0. The third-order valence-corrected chi connectivity index (χ3v) is 4.58. The average molecular weight is 280 g/mol. The summed E-state index contributed by atoms with van der Waals surface area (Å²) in [4.78, 5) is 11.1. The van der Waals surface area contributed by atoms with E-state index in [-0.39, 0.29) is 16.2 Å². The fourth-order valence-corrected chi connectivity index (χ4v) is 3.07. The van der Waals surface area contributed by atoms with Crippen LogP contribution in [0, 0.1) is 12.3 Å². The number of terminal acetylenes is 1. The Kier molecular flexibility index (Phi) is 5.13. The molecule has 1 aromatic carbocycles. The zero-order valence-corrected chi connectivity index (χ0v) is 11.5. The predicted octanol–water partition coefficient (Wildman–Crippen LogP) is 2.13. The minimum absolute atomic E-state index is 0.0409. The molecule has 0 aliphatic carbocycles. The quantitative estimate of drug-likeness (QED) is 0.640. The molecular formula is C14H16O4S. The van der Waals surface area contributed by atoms with Gasteiger partial charge in [-0.2, -0.15) is 0 Å². The van der Waals surface area contributed by atoms with Crippen molar-refractivity contribution in [1.82, 2.24) is 0 Å². The molecule has 0 spiro atoms. The van der Waals surface area contributed by atoms with Gasteiger partial charge in [-0.1, -0.05) is 13.0 Å². The molecule has 1 aromatic rings. The highest BCUT2D eigenvalue weighted by Gasteiger charge is 2.18. The summed E-state index contributed by atoms with van der Waals surface area (Å²) in [7, 11) is -3.47. The molecule has 0 aliphatic rings. The summed E-state index contributed by atoms with van der Waals surface area (Å²) in [6, 6.07) is 4.24. The second kappa shape index (κ2) is 6.39. The molecule has 5 heteroatoms. The Morgan fingerprint density at radius 2 is 2.11 bits per heavy atom. The monoisotopic (exact) mass is 280 g/mol. The zero-order valence-electron chi connectivity index (χ0n) is 10.7. The Bertz CT molecular complexity index is 609. The lowest BCUT2D eigenvalue weighted by Crippen LogP contribution is -2.10. The Morgan fingerprint density at radius 1 is 1.42 bits per heavy atom. The molecular weight excluding hydrogens is 264 g/mol. The minimum atomic E-state index is -3.47. The highest BCUT2D eigenvalue weighted by atomic mass is 32.2. The van der Waals surface area contributed by atoms with Gasteiger partial charge < -0.3 is 5.11 Å². The minimum Gasteiger partial charge on any atom is -0.478 e. The summed E-state index contributed by atoms with van der Waals surface area (Å²) >= 11 is 0. The first kappa shape index (κ1) is 15.3. The van der Waals surface area contributed by atoms with Crippen molar-refractivity contribution in [1.29, 1.82) is 0 Å². The van der Waals surface area contributed by atoms with Gasteiger partial charge in [-0.15, -0.1) is 12.3 Å². The van der Waals surface area contributed by atoms with Gasteiger partial charge in [0.1, 0.15) is 0 Å². The van der Waals surface area contributed by atoms with E-state index in [9.17, 15) is 13.2 Å². The van der Waals surface area contributed by atoms with Crippen LogP contribution in [0.4, 0.5) is 0 Å². The number of rotatable bonds is 6. The molecule has 0 radical (unpaired) electrons. The average Bonchev–Trinajstić information content (AvgIpc) is 2.38. The largest absolute Gasteiger partial charge is 0.478 e. The van der Waals surface area contributed by atoms with E-state index in [1.165, 1.54) is 12.1 Å². The summed E-state index contributed by atoms with van der Waals surface area (Å²) in [6.07, 6.45) is 6.38. The van der Waals surface area contributed by atoms with E-state index in [2.05, 4.69) is 5.92 Å². The summed E-state index contributed by atoms with van der Waals surface area (Å²) in [5.74, 6) is 1.20. The van der Waals surface area contributed by atoms with Crippen LogP contribution < -0.4 is 0 Å². The molecule has 0 saturated heterocycles. The van der Waals surface area contributed by atoms with Crippen LogP contribution in [0.15, 0.2) is 23.1 Å². The molecule has 0 heterocycles. The number of sulfone groups is 1. The van der Waals surface area contributed by atoms with Crippen LogP contribution in [0.25, 0.3) is 0 Å². The van der Waals surface area contributed by atoms with Gasteiger partial charge in [0.2, 0.25) is 0 Å². The van der Waals surface area contributed by atoms with Crippen LogP contribution in [-0.2, 0) is 16.3 Å². The molecule has 0 aromatic heterocycles. The second-order valence-corrected chi connectivity index (χ2v) is 6.21. The number of carbonyl (C=O) groups is 1. The zero-order chi connectivity index (χ0) is 14.5. The van der Waals surface area contributed by atoms with Crippen molar-refractivity contribution in [2.45, 2.75) is 31.1 Å². The first-order valence-corrected chi connectivity index (χ1v) is 7.60. The predicted molar refractivity (Wildman–Crippen MR) is 72.9 cm³/mol. The van der Waals surface area contributed by atoms with Crippen molar-refractivity contribution in [3.8, 4) is 12.3 Å². The number of benzene rings is 1. The van der Waals surface area contributed by atoms with Gasteiger partial charge in [-0.05, 0) is 30.5 Å². The van der Waals surface area contributed by atoms with Crippen LogP contribution in [0.1, 0.15) is 35.7 Å². The maximum Gasteiger partial charge on any atom is 0.336 e. The number of carboxylic acid groups (broad SMARTS) is 1. The molecule has 1 rings (SSSR count). The molecule has 0 amide bonds. The number of carboxylic acids is 1. The normalized spacial score (nSPS) is 10.9. The van der Waals surface area contributed by atoms with Gasteiger partial charge in [0.25, 0.3) is 0 Å². The lowest BCUT2D eigenvalue weighted by molar-refractivity contribution is 0.0695. The van der Waals surface area contributed by atoms with Crippen LogP contribution >= 0.6 is 0 Å². The Morgan fingerprint density at radius 3 is 2.63 bits per heavy atom. The molecule has 0 atom stereocenters. The van der Waals surface area contributed by atoms with Crippen molar-refractivity contribution in [2.24, 2.45) is 0 Å². The fraction of sp³-hybridized carbons (Fsp3) is 0.357. The van der Waals surface area contributed by atoms with E-state index in [1.54, 1.807) is 6.07 Å². The SMILES string of the molecule is C#CCCCS(=O)(=O)c1ccc(CC)c(C(=O)O)c1. The summed E-state index contributed by atoms with van der Waals surface area (Å²) in [5, 5.41) is 9.08. The van der Waals surface area contributed by atoms with Crippen LogP contribution in [0.2, 0.25) is 0 Å². The molecule has 0 unspecified atom stereocenters. The van der Waals surface area contributed by atoms with E-state index >= 15 is 0 Å². The van der Waals surface area contributed by atoms with Crippen molar-refractivity contribution < 1.29 is 18.3 Å². The van der Waals surface area contributed by atoms with Gasteiger partial charge in [0, 0.05) is 6.42 Å². The molecule has 1 N–H and O–H groups in total. The van der Waals surface area contributed by atoms with Crippen molar-refractivity contribution in [3.05, 3.63) is 29.3 Å². The van der Waals surface area contributed by atoms with E-state index < -0.39 is 15.8 Å². The van der Waals surface area contributed by atoms with E-state index in [0.717, 1.165) is 0 Å². The number of unbranched alkanes of at least 4 members (excludes halogenated alkanes) is 1. The van der Waals surface area contributed by atoms with Crippen molar-refractivity contribution >= 4 is 15.8 Å². The molecule has 0 fully saturated rings. The molecule has 0 aliphatic heterocycles. The van der Waals surface area contributed by atoms with Crippen LogP contribution in [-0.4, -0.2) is 25.2 Å². The highest BCUT2D eigenvalue weighted by Crippen LogP contribution is 2.19. The van der Waals surface area contributed by atoms with Gasteiger partial charge in [-0.3, -0.25) is 0 Å². The lowest BCUT2D eigenvalue weighted by atomic mass is 10.1. The second-order valence-electron chi connectivity index (χ2n) is 4.10. The summed E-state index contributed by atoms with van der Waals surface area (Å²) < 4.78 is 24.0. The summed E-state index contributed by atoms with van der Waals surface area (Å²) in [6.45, 7) is 1.82. The van der Waals surface area contributed by atoms with E-state index in [4.69, 9.17) is 11.5 Å². The third-order valence-electron chi connectivity index (χ3n) is 2.79. The van der Waals surface area contributed by atoms with Crippen LogP contribution in [0.5, 0.6) is 0 Å². The first-order chi connectivity index (χ1) is 8.92. The van der Waals surface area contributed by atoms with Crippen molar-refractivity contribution in [2.75, 3.05) is 5.75 Å². The number of hydrogen-bond donors (Lipinski definition) is 1. The van der Waals surface area contributed by atoms with E-state index in [1.807, 2.05) is 6.92 Å². The number of aryl methyl sites for hydroxylation is 1. The molecule has 4 nitrogen and oxygen atoms in total.